The molecule has 0 spiro atoms. The Morgan fingerprint density at radius 3 is 2.57 bits per heavy atom. The van der Waals surface area contributed by atoms with E-state index < -0.39 is 0 Å². The normalized spacial score (nSPS) is 20.8. The van der Waals surface area contributed by atoms with Crippen molar-refractivity contribution in [3.8, 4) is 0 Å². The molecule has 2 aliphatic rings. The van der Waals surface area contributed by atoms with Crippen LogP contribution in [0.5, 0.6) is 0 Å². The lowest BCUT2D eigenvalue weighted by atomic mass is 9.95. The van der Waals surface area contributed by atoms with Crippen molar-refractivity contribution in [2.75, 3.05) is 40.4 Å². The number of likely N-dealkylation sites (tertiary alicyclic amines) is 1. The Bertz CT molecular complexity index is 533. The van der Waals surface area contributed by atoms with E-state index in [0.717, 1.165) is 51.3 Å². The first-order valence-electron chi connectivity index (χ1n) is 8.39. The van der Waals surface area contributed by atoms with Gasteiger partial charge in [-0.1, -0.05) is 12.1 Å². The van der Waals surface area contributed by atoms with Gasteiger partial charge in [-0.3, -0.25) is 9.69 Å². The van der Waals surface area contributed by atoms with Crippen LogP contribution in [0.1, 0.15) is 28.8 Å². The average Bonchev–Trinajstić information content (AvgIpc) is 3.09. The van der Waals surface area contributed by atoms with Crippen LogP contribution in [-0.2, 0) is 16.0 Å². The first kappa shape index (κ1) is 16.4. The van der Waals surface area contributed by atoms with Gasteiger partial charge in [0.2, 0.25) is 0 Å². The summed E-state index contributed by atoms with van der Waals surface area (Å²) in [6.45, 7) is 4.47. The highest BCUT2D eigenvalue weighted by atomic mass is 16.7. The molecule has 1 aromatic rings. The Morgan fingerprint density at radius 1 is 1.22 bits per heavy atom. The van der Waals surface area contributed by atoms with Crippen LogP contribution in [-0.4, -0.2) is 62.4 Å². The van der Waals surface area contributed by atoms with Crippen LogP contribution in [0.25, 0.3) is 0 Å². The van der Waals surface area contributed by atoms with Crippen LogP contribution < -0.4 is 0 Å². The highest BCUT2D eigenvalue weighted by molar-refractivity contribution is 5.94. The van der Waals surface area contributed by atoms with Gasteiger partial charge in [0.25, 0.3) is 5.91 Å². The van der Waals surface area contributed by atoms with Crippen molar-refractivity contribution in [2.45, 2.75) is 25.7 Å². The number of carbonyl (C=O) groups excluding carboxylic acids is 1. The van der Waals surface area contributed by atoms with Crippen LogP contribution in [0.4, 0.5) is 0 Å². The number of rotatable bonds is 4. The molecule has 0 atom stereocenters. The van der Waals surface area contributed by atoms with Gasteiger partial charge in [0.1, 0.15) is 0 Å². The summed E-state index contributed by atoms with van der Waals surface area (Å²) in [6.07, 6.45) is 2.24. The van der Waals surface area contributed by atoms with E-state index in [0.29, 0.717) is 5.92 Å². The summed E-state index contributed by atoms with van der Waals surface area (Å²) < 4.78 is 11.3. The molecule has 1 aromatic carbocycles. The summed E-state index contributed by atoms with van der Waals surface area (Å²) >= 11 is 0. The highest BCUT2D eigenvalue weighted by Crippen LogP contribution is 2.26. The lowest BCUT2D eigenvalue weighted by molar-refractivity contribution is -0.0977. The van der Waals surface area contributed by atoms with E-state index in [1.165, 1.54) is 5.56 Å². The largest absolute Gasteiger partial charge is 0.350 e. The highest BCUT2D eigenvalue weighted by Gasteiger charge is 2.30. The standard InChI is InChI=1S/C18H26N2O3/c1-19(2)17(21)16-5-3-4-14(12-16)13-20-8-6-15(7-9-20)18-22-10-11-23-18/h3-5,12,15,18H,6-11,13H2,1-2H3. The van der Waals surface area contributed by atoms with Crippen molar-refractivity contribution in [3.63, 3.8) is 0 Å². The summed E-state index contributed by atoms with van der Waals surface area (Å²) in [7, 11) is 3.57. The average molecular weight is 318 g/mol. The Kier molecular flexibility index (Phi) is 5.30. The van der Waals surface area contributed by atoms with Gasteiger partial charge in [-0.2, -0.15) is 0 Å². The maximum absolute atomic E-state index is 12.1. The molecular formula is C18H26N2O3. The number of hydrogen-bond donors (Lipinski definition) is 0. The number of amides is 1. The first-order valence-corrected chi connectivity index (χ1v) is 8.39. The predicted molar refractivity (Wildman–Crippen MR) is 88.2 cm³/mol. The predicted octanol–water partition coefficient (Wildman–Crippen LogP) is 1.97. The van der Waals surface area contributed by atoms with Gasteiger partial charge in [-0.15, -0.1) is 0 Å². The molecule has 2 aliphatic heterocycles. The fourth-order valence-corrected chi connectivity index (χ4v) is 3.35. The van der Waals surface area contributed by atoms with Crippen LogP contribution in [0, 0.1) is 5.92 Å². The number of piperidine rings is 1. The van der Waals surface area contributed by atoms with Gasteiger partial charge in [-0.05, 0) is 43.6 Å². The molecule has 2 saturated heterocycles. The van der Waals surface area contributed by atoms with Crippen LogP contribution in [0.3, 0.4) is 0 Å². The minimum Gasteiger partial charge on any atom is -0.350 e. The maximum atomic E-state index is 12.1. The Labute approximate surface area is 138 Å². The van der Waals surface area contributed by atoms with Crippen molar-refractivity contribution in [1.29, 1.82) is 0 Å². The lowest BCUT2D eigenvalue weighted by Crippen LogP contribution is -2.37. The van der Waals surface area contributed by atoms with Crippen molar-refractivity contribution in [2.24, 2.45) is 5.92 Å². The number of benzene rings is 1. The maximum Gasteiger partial charge on any atom is 0.253 e. The van der Waals surface area contributed by atoms with Gasteiger partial charge >= 0.3 is 0 Å². The van der Waals surface area contributed by atoms with E-state index in [4.69, 9.17) is 9.47 Å². The minimum absolute atomic E-state index is 0.0122. The van der Waals surface area contributed by atoms with Gasteiger partial charge < -0.3 is 14.4 Å². The zero-order valence-corrected chi connectivity index (χ0v) is 14.0. The molecule has 0 unspecified atom stereocenters. The van der Waals surface area contributed by atoms with Crippen molar-refractivity contribution >= 4 is 5.91 Å². The molecular weight excluding hydrogens is 292 g/mol. The van der Waals surface area contributed by atoms with Crippen LogP contribution in [0.2, 0.25) is 0 Å². The molecule has 3 rings (SSSR count). The topological polar surface area (TPSA) is 42.0 Å². The Morgan fingerprint density at radius 2 is 1.91 bits per heavy atom. The van der Waals surface area contributed by atoms with Crippen LogP contribution in [0.15, 0.2) is 24.3 Å². The molecule has 5 nitrogen and oxygen atoms in total. The van der Waals surface area contributed by atoms with Crippen molar-refractivity contribution < 1.29 is 14.3 Å². The molecule has 0 radical (unpaired) electrons. The third-order valence-electron chi connectivity index (χ3n) is 4.65. The van der Waals surface area contributed by atoms with E-state index in [1.807, 2.05) is 18.2 Å². The molecule has 0 aromatic heterocycles. The van der Waals surface area contributed by atoms with E-state index >= 15 is 0 Å². The summed E-state index contributed by atoms with van der Waals surface area (Å²) in [5, 5.41) is 0. The zero-order chi connectivity index (χ0) is 16.2. The van der Waals surface area contributed by atoms with Crippen LogP contribution >= 0.6 is 0 Å². The van der Waals surface area contributed by atoms with E-state index in [9.17, 15) is 4.79 Å². The smallest absolute Gasteiger partial charge is 0.253 e. The quantitative estimate of drug-likeness (QED) is 0.851. The van der Waals surface area contributed by atoms with Crippen molar-refractivity contribution in [1.82, 2.24) is 9.80 Å². The molecule has 126 valence electrons. The third kappa shape index (κ3) is 4.10. The molecule has 0 N–H and O–H groups in total. The lowest BCUT2D eigenvalue weighted by Gasteiger charge is -2.33. The molecule has 23 heavy (non-hydrogen) atoms. The molecule has 0 saturated carbocycles. The van der Waals surface area contributed by atoms with Gasteiger partial charge in [0, 0.05) is 32.1 Å². The molecule has 2 heterocycles. The third-order valence-corrected chi connectivity index (χ3v) is 4.65. The molecule has 1 amide bonds. The van der Waals surface area contributed by atoms with E-state index in [-0.39, 0.29) is 12.2 Å². The summed E-state index contributed by atoms with van der Waals surface area (Å²) in [4.78, 5) is 16.1. The Hall–Kier alpha value is -1.43. The first-order chi connectivity index (χ1) is 11.1. The van der Waals surface area contributed by atoms with Crippen molar-refractivity contribution in [3.05, 3.63) is 35.4 Å². The summed E-state index contributed by atoms with van der Waals surface area (Å²) in [5.41, 5.74) is 1.96. The second-order valence-corrected chi connectivity index (χ2v) is 6.62. The number of carbonyl (C=O) groups is 1. The summed E-state index contributed by atoms with van der Waals surface area (Å²) in [6, 6.07) is 7.96. The number of ether oxygens (including phenoxy) is 2. The van der Waals surface area contributed by atoms with E-state index in [2.05, 4.69) is 11.0 Å². The summed E-state index contributed by atoms with van der Waals surface area (Å²) in [5.74, 6) is 0.580. The van der Waals surface area contributed by atoms with Gasteiger partial charge in [0.15, 0.2) is 6.29 Å². The monoisotopic (exact) mass is 318 g/mol. The number of hydrogen-bond acceptors (Lipinski definition) is 4. The fraction of sp³-hybridized carbons (Fsp3) is 0.611. The molecule has 5 heteroatoms. The Balaban J connectivity index is 1.54. The zero-order valence-electron chi connectivity index (χ0n) is 14.0. The van der Waals surface area contributed by atoms with Gasteiger partial charge in [-0.25, -0.2) is 0 Å². The van der Waals surface area contributed by atoms with Gasteiger partial charge in [0.05, 0.1) is 13.2 Å². The van der Waals surface area contributed by atoms with E-state index in [1.54, 1.807) is 19.0 Å². The molecule has 0 bridgehead atoms. The molecule has 0 aliphatic carbocycles. The fourth-order valence-electron chi connectivity index (χ4n) is 3.35. The molecule has 2 fully saturated rings. The second kappa shape index (κ2) is 7.43. The second-order valence-electron chi connectivity index (χ2n) is 6.62. The minimum atomic E-state index is 0.0122. The number of nitrogens with zero attached hydrogens (tertiary/aromatic N) is 2. The SMILES string of the molecule is CN(C)C(=O)c1cccc(CN2CCC(C3OCCO3)CC2)c1.